The van der Waals surface area contributed by atoms with Gasteiger partial charge in [0.2, 0.25) is 0 Å². The standard InChI is InChI=1S/C15H30N2O3/c1-4-16-15(2,14(18)19)9-5-6-10-17(11-12-20-3)13-7-8-13/h13,16H,4-12H2,1-3H3,(H,18,19). The van der Waals surface area contributed by atoms with E-state index < -0.39 is 11.5 Å². The van der Waals surface area contributed by atoms with Gasteiger partial charge in [0.15, 0.2) is 0 Å². The number of likely N-dealkylation sites (N-methyl/N-ethyl adjacent to an activating group) is 1. The second-order valence-corrected chi connectivity index (χ2v) is 5.88. The highest BCUT2D eigenvalue weighted by molar-refractivity contribution is 5.78. The molecule has 118 valence electrons. The Morgan fingerprint density at radius 2 is 2.10 bits per heavy atom. The molecule has 0 heterocycles. The number of ether oxygens (including phenoxy) is 1. The van der Waals surface area contributed by atoms with Crippen molar-refractivity contribution in [3.8, 4) is 0 Å². The first-order chi connectivity index (χ1) is 9.53. The SMILES string of the molecule is CCNC(C)(CCCCN(CCOC)C1CC1)C(=O)O. The average Bonchev–Trinajstić information content (AvgIpc) is 3.22. The average molecular weight is 286 g/mol. The zero-order chi connectivity index (χ0) is 15.0. The van der Waals surface area contributed by atoms with Gasteiger partial charge in [0.25, 0.3) is 0 Å². The number of carboxylic acid groups (broad SMARTS) is 1. The van der Waals surface area contributed by atoms with Gasteiger partial charge in [-0.1, -0.05) is 6.92 Å². The summed E-state index contributed by atoms with van der Waals surface area (Å²) in [6.07, 6.45) is 5.27. The molecule has 20 heavy (non-hydrogen) atoms. The fourth-order valence-electron chi connectivity index (χ4n) is 2.58. The van der Waals surface area contributed by atoms with Crippen LogP contribution in [0.15, 0.2) is 0 Å². The molecule has 1 aliphatic carbocycles. The van der Waals surface area contributed by atoms with Crippen molar-refractivity contribution in [2.45, 2.75) is 57.5 Å². The molecule has 1 unspecified atom stereocenters. The van der Waals surface area contributed by atoms with E-state index in [9.17, 15) is 9.90 Å². The van der Waals surface area contributed by atoms with Gasteiger partial charge in [0.1, 0.15) is 5.54 Å². The van der Waals surface area contributed by atoms with E-state index in [0.29, 0.717) is 13.0 Å². The minimum absolute atomic E-state index is 0.680. The van der Waals surface area contributed by atoms with Crippen molar-refractivity contribution < 1.29 is 14.6 Å². The summed E-state index contributed by atoms with van der Waals surface area (Å²) in [5.41, 5.74) is -0.786. The Bertz CT molecular complexity index is 295. The number of carboxylic acids is 1. The van der Waals surface area contributed by atoms with Gasteiger partial charge in [-0.2, -0.15) is 0 Å². The van der Waals surface area contributed by atoms with Crippen LogP contribution in [0.3, 0.4) is 0 Å². The van der Waals surface area contributed by atoms with Gasteiger partial charge in [-0.05, 0) is 52.1 Å². The fraction of sp³-hybridized carbons (Fsp3) is 0.933. The van der Waals surface area contributed by atoms with Crippen LogP contribution in [0.4, 0.5) is 0 Å². The number of hydrogen-bond acceptors (Lipinski definition) is 4. The van der Waals surface area contributed by atoms with Crippen LogP contribution < -0.4 is 5.32 Å². The minimum Gasteiger partial charge on any atom is -0.480 e. The number of nitrogens with one attached hydrogen (secondary N) is 1. The first-order valence-corrected chi connectivity index (χ1v) is 7.75. The molecule has 0 amide bonds. The predicted octanol–water partition coefficient (Wildman–Crippen LogP) is 1.72. The molecule has 1 aliphatic rings. The Morgan fingerprint density at radius 3 is 2.60 bits per heavy atom. The number of methoxy groups -OCH3 is 1. The number of aliphatic carboxylic acids is 1. The van der Waals surface area contributed by atoms with Crippen LogP contribution in [0.25, 0.3) is 0 Å². The van der Waals surface area contributed by atoms with E-state index in [2.05, 4.69) is 10.2 Å². The summed E-state index contributed by atoms with van der Waals surface area (Å²) in [5, 5.41) is 12.4. The zero-order valence-corrected chi connectivity index (χ0v) is 13.2. The van der Waals surface area contributed by atoms with Crippen molar-refractivity contribution in [1.82, 2.24) is 10.2 Å². The van der Waals surface area contributed by atoms with E-state index in [-0.39, 0.29) is 0 Å². The van der Waals surface area contributed by atoms with E-state index in [1.807, 2.05) is 6.92 Å². The van der Waals surface area contributed by atoms with Gasteiger partial charge in [-0.3, -0.25) is 9.69 Å². The Balaban J connectivity index is 2.25. The number of nitrogens with zero attached hydrogens (tertiary/aromatic N) is 1. The van der Waals surface area contributed by atoms with Gasteiger partial charge in [-0.25, -0.2) is 0 Å². The molecule has 0 bridgehead atoms. The lowest BCUT2D eigenvalue weighted by atomic mass is 9.95. The summed E-state index contributed by atoms with van der Waals surface area (Å²) >= 11 is 0. The molecule has 5 nitrogen and oxygen atoms in total. The summed E-state index contributed by atoms with van der Waals surface area (Å²) in [6, 6.07) is 0.741. The molecule has 0 aromatic rings. The van der Waals surface area contributed by atoms with Crippen molar-refractivity contribution in [3.63, 3.8) is 0 Å². The van der Waals surface area contributed by atoms with E-state index in [4.69, 9.17) is 4.74 Å². The number of rotatable bonds is 12. The van der Waals surface area contributed by atoms with E-state index >= 15 is 0 Å². The van der Waals surface area contributed by atoms with Gasteiger partial charge in [-0.15, -0.1) is 0 Å². The van der Waals surface area contributed by atoms with Crippen LogP contribution in [-0.2, 0) is 9.53 Å². The number of unbranched alkanes of at least 4 members (excludes halogenated alkanes) is 1. The fourth-order valence-corrected chi connectivity index (χ4v) is 2.58. The summed E-state index contributed by atoms with van der Waals surface area (Å²) in [4.78, 5) is 13.8. The second kappa shape index (κ2) is 8.60. The molecule has 2 N–H and O–H groups in total. The van der Waals surface area contributed by atoms with Crippen molar-refractivity contribution >= 4 is 5.97 Å². The summed E-state index contributed by atoms with van der Waals surface area (Å²) in [5.74, 6) is -0.752. The Kier molecular flexibility index (Phi) is 7.48. The monoisotopic (exact) mass is 286 g/mol. The van der Waals surface area contributed by atoms with Crippen LogP contribution in [-0.4, -0.2) is 60.9 Å². The first-order valence-electron chi connectivity index (χ1n) is 7.75. The Morgan fingerprint density at radius 1 is 1.40 bits per heavy atom. The normalized spacial score (nSPS) is 18.2. The van der Waals surface area contributed by atoms with Gasteiger partial charge >= 0.3 is 5.97 Å². The minimum atomic E-state index is -0.786. The number of carbonyl (C=O) groups is 1. The third-order valence-corrected chi connectivity index (χ3v) is 4.06. The third-order valence-electron chi connectivity index (χ3n) is 4.06. The lowest BCUT2D eigenvalue weighted by Gasteiger charge is -2.26. The zero-order valence-electron chi connectivity index (χ0n) is 13.2. The van der Waals surface area contributed by atoms with Crippen LogP contribution >= 0.6 is 0 Å². The van der Waals surface area contributed by atoms with Gasteiger partial charge < -0.3 is 15.2 Å². The lowest BCUT2D eigenvalue weighted by molar-refractivity contribution is -0.144. The largest absolute Gasteiger partial charge is 0.480 e. The molecule has 0 aromatic heterocycles. The maximum Gasteiger partial charge on any atom is 0.323 e. The van der Waals surface area contributed by atoms with Crippen LogP contribution in [0, 0.1) is 0 Å². The maximum absolute atomic E-state index is 11.3. The van der Waals surface area contributed by atoms with Crippen LogP contribution in [0.5, 0.6) is 0 Å². The van der Waals surface area contributed by atoms with Crippen molar-refractivity contribution in [2.24, 2.45) is 0 Å². The molecule has 0 spiro atoms. The van der Waals surface area contributed by atoms with Crippen molar-refractivity contribution in [3.05, 3.63) is 0 Å². The number of hydrogen-bond donors (Lipinski definition) is 2. The first kappa shape index (κ1) is 17.4. The summed E-state index contributed by atoms with van der Waals surface area (Å²) < 4.78 is 5.14. The molecule has 1 atom stereocenters. The topological polar surface area (TPSA) is 61.8 Å². The molecule has 1 saturated carbocycles. The molecular formula is C15H30N2O3. The van der Waals surface area contributed by atoms with Crippen molar-refractivity contribution in [2.75, 3.05) is 33.4 Å². The van der Waals surface area contributed by atoms with Crippen LogP contribution in [0.2, 0.25) is 0 Å². The van der Waals surface area contributed by atoms with E-state index in [1.54, 1.807) is 14.0 Å². The molecule has 0 aliphatic heterocycles. The summed E-state index contributed by atoms with van der Waals surface area (Å²) in [7, 11) is 1.74. The quantitative estimate of drug-likeness (QED) is 0.535. The molecule has 0 aromatic carbocycles. The molecule has 5 heteroatoms. The lowest BCUT2D eigenvalue weighted by Crippen LogP contribution is -2.49. The van der Waals surface area contributed by atoms with E-state index in [0.717, 1.165) is 38.6 Å². The van der Waals surface area contributed by atoms with E-state index in [1.165, 1.54) is 12.8 Å². The van der Waals surface area contributed by atoms with Crippen molar-refractivity contribution in [1.29, 1.82) is 0 Å². The third kappa shape index (κ3) is 5.77. The smallest absolute Gasteiger partial charge is 0.323 e. The maximum atomic E-state index is 11.3. The Labute approximate surface area is 122 Å². The molecule has 1 rings (SSSR count). The molecular weight excluding hydrogens is 256 g/mol. The highest BCUT2D eigenvalue weighted by Gasteiger charge is 2.32. The second-order valence-electron chi connectivity index (χ2n) is 5.88. The summed E-state index contributed by atoms with van der Waals surface area (Å²) in [6.45, 7) is 7.23. The van der Waals surface area contributed by atoms with Gasteiger partial charge in [0, 0.05) is 19.7 Å². The highest BCUT2D eigenvalue weighted by atomic mass is 16.5. The Hall–Kier alpha value is -0.650. The van der Waals surface area contributed by atoms with Gasteiger partial charge in [0.05, 0.1) is 6.61 Å². The predicted molar refractivity (Wildman–Crippen MR) is 80.0 cm³/mol. The van der Waals surface area contributed by atoms with Crippen LogP contribution in [0.1, 0.15) is 46.0 Å². The molecule has 0 radical (unpaired) electrons. The molecule has 1 fully saturated rings. The highest BCUT2D eigenvalue weighted by Crippen LogP contribution is 2.27. The molecule has 0 saturated heterocycles.